The van der Waals surface area contributed by atoms with Crippen molar-refractivity contribution in [3.63, 3.8) is 0 Å². The van der Waals surface area contributed by atoms with Crippen LogP contribution in [0, 0.1) is 5.82 Å². The van der Waals surface area contributed by atoms with Crippen LogP contribution in [0.3, 0.4) is 0 Å². The molecule has 0 bridgehead atoms. The molecule has 4 nitrogen and oxygen atoms in total. The van der Waals surface area contributed by atoms with Crippen LogP contribution in [0.1, 0.15) is 6.92 Å². The van der Waals surface area contributed by atoms with Crippen molar-refractivity contribution in [3.8, 4) is 0 Å². The molecule has 2 unspecified atom stereocenters. The highest BCUT2D eigenvalue weighted by molar-refractivity contribution is 7.85. The highest BCUT2D eigenvalue weighted by Gasteiger charge is 2.10. The van der Waals surface area contributed by atoms with E-state index in [4.69, 9.17) is 5.73 Å². The van der Waals surface area contributed by atoms with Gasteiger partial charge in [-0.15, -0.1) is 0 Å². The lowest BCUT2D eigenvalue weighted by Crippen LogP contribution is -2.28. The zero-order valence-electron chi connectivity index (χ0n) is 9.48. The van der Waals surface area contributed by atoms with Crippen molar-refractivity contribution in [2.24, 2.45) is 5.73 Å². The number of benzene rings is 1. The van der Waals surface area contributed by atoms with Gasteiger partial charge in [-0.05, 0) is 25.1 Å². The van der Waals surface area contributed by atoms with Gasteiger partial charge in [0.25, 0.3) is 0 Å². The summed E-state index contributed by atoms with van der Waals surface area (Å²) in [5.41, 5.74) is 5.82. The molecule has 1 aromatic carbocycles. The number of rotatable bonds is 5. The second-order valence-corrected chi connectivity index (χ2v) is 5.29. The largest absolute Gasteiger partial charge is 0.327 e. The molecule has 0 saturated carbocycles. The van der Waals surface area contributed by atoms with E-state index < -0.39 is 22.5 Å². The van der Waals surface area contributed by atoms with Gasteiger partial charge in [0.1, 0.15) is 11.6 Å². The van der Waals surface area contributed by atoms with Gasteiger partial charge in [-0.25, -0.2) is 4.39 Å². The SMILES string of the molecule is CC(N)CS(=O)CC(=O)Nc1cccc(F)c1. The molecule has 94 valence electrons. The first-order valence-corrected chi connectivity index (χ1v) is 6.62. The number of carbonyl (C=O) groups excluding carboxylic acids is 1. The number of anilines is 1. The van der Waals surface area contributed by atoms with Crippen LogP contribution in [0.4, 0.5) is 10.1 Å². The Morgan fingerprint density at radius 3 is 2.88 bits per heavy atom. The molecular weight excluding hydrogens is 243 g/mol. The summed E-state index contributed by atoms with van der Waals surface area (Å²) in [6, 6.07) is 5.33. The summed E-state index contributed by atoms with van der Waals surface area (Å²) in [6.07, 6.45) is 0. The molecule has 17 heavy (non-hydrogen) atoms. The minimum Gasteiger partial charge on any atom is -0.327 e. The summed E-state index contributed by atoms with van der Waals surface area (Å²) in [7, 11) is -1.29. The number of amides is 1. The van der Waals surface area contributed by atoms with E-state index in [9.17, 15) is 13.4 Å². The predicted molar refractivity (Wildman–Crippen MR) is 66.6 cm³/mol. The molecule has 0 saturated heterocycles. The van der Waals surface area contributed by atoms with E-state index in [1.165, 1.54) is 18.2 Å². The Kier molecular flexibility index (Phi) is 5.24. The predicted octanol–water partition coefficient (Wildman–Crippen LogP) is 0.860. The van der Waals surface area contributed by atoms with E-state index in [0.717, 1.165) is 0 Å². The third kappa shape index (κ3) is 5.55. The van der Waals surface area contributed by atoms with E-state index in [1.807, 2.05) is 0 Å². The minimum atomic E-state index is -1.29. The summed E-state index contributed by atoms with van der Waals surface area (Å²) in [6.45, 7) is 1.72. The second-order valence-electron chi connectivity index (χ2n) is 3.79. The van der Waals surface area contributed by atoms with Crippen molar-refractivity contribution in [1.82, 2.24) is 0 Å². The third-order valence-electron chi connectivity index (χ3n) is 1.85. The van der Waals surface area contributed by atoms with E-state index in [1.54, 1.807) is 13.0 Å². The van der Waals surface area contributed by atoms with Crippen molar-refractivity contribution >= 4 is 22.4 Å². The van der Waals surface area contributed by atoms with Crippen molar-refractivity contribution in [2.45, 2.75) is 13.0 Å². The molecule has 0 spiro atoms. The van der Waals surface area contributed by atoms with Gasteiger partial charge in [0, 0.05) is 28.3 Å². The Morgan fingerprint density at radius 1 is 1.59 bits per heavy atom. The Hall–Kier alpha value is -1.27. The Labute approximate surface area is 102 Å². The first-order chi connectivity index (χ1) is 7.97. The summed E-state index contributed by atoms with van der Waals surface area (Å²) in [4.78, 5) is 11.4. The molecule has 0 aliphatic heterocycles. The van der Waals surface area contributed by atoms with Gasteiger partial charge in [0.05, 0.1) is 0 Å². The zero-order chi connectivity index (χ0) is 12.8. The second kappa shape index (κ2) is 6.46. The summed E-state index contributed by atoms with van der Waals surface area (Å²) in [5.74, 6) is -0.691. The quantitative estimate of drug-likeness (QED) is 0.822. The lowest BCUT2D eigenvalue weighted by atomic mass is 10.3. The lowest BCUT2D eigenvalue weighted by molar-refractivity contribution is -0.113. The highest BCUT2D eigenvalue weighted by Crippen LogP contribution is 2.08. The number of halogens is 1. The van der Waals surface area contributed by atoms with E-state index in [-0.39, 0.29) is 17.5 Å². The fourth-order valence-corrected chi connectivity index (χ4v) is 2.33. The van der Waals surface area contributed by atoms with Crippen LogP contribution in [0.5, 0.6) is 0 Å². The van der Waals surface area contributed by atoms with Crippen LogP contribution in [-0.2, 0) is 15.6 Å². The Balaban J connectivity index is 2.47. The molecule has 1 rings (SSSR count). The molecule has 0 aliphatic rings. The van der Waals surface area contributed by atoms with E-state index >= 15 is 0 Å². The lowest BCUT2D eigenvalue weighted by Gasteiger charge is -2.06. The standard InChI is InChI=1S/C11H15FN2O2S/c1-8(13)6-17(16)7-11(15)14-10-4-2-3-9(12)5-10/h2-5,8H,6-7,13H2,1H3,(H,14,15). The van der Waals surface area contributed by atoms with Gasteiger partial charge >= 0.3 is 0 Å². The molecule has 3 N–H and O–H groups in total. The van der Waals surface area contributed by atoms with E-state index in [2.05, 4.69) is 5.32 Å². The van der Waals surface area contributed by atoms with Crippen molar-refractivity contribution < 1.29 is 13.4 Å². The molecule has 6 heteroatoms. The Bertz CT molecular complexity index is 424. The van der Waals surface area contributed by atoms with Crippen LogP contribution in [0.15, 0.2) is 24.3 Å². The number of nitrogens with two attached hydrogens (primary N) is 1. The van der Waals surface area contributed by atoms with Crippen LogP contribution in [0.25, 0.3) is 0 Å². The average molecular weight is 258 g/mol. The first kappa shape index (κ1) is 13.8. The van der Waals surface area contributed by atoms with E-state index in [0.29, 0.717) is 5.69 Å². The van der Waals surface area contributed by atoms with Gasteiger partial charge in [0.15, 0.2) is 0 Å². The van der Waals surface area contributed by atoms with Gasteiger partial charge in [-0.2, -0.15) is 0 Å². The average Bonchev–Trinajstić information content (AvgIpc) is 2.14. The molecular formula is C11H15FN2O2S. The van der Waals surface area contributed by atoms with Gasteiger partial charge in [-0.3, -0.25) is 9.00 Å². The maximum Gasteiger partial charge on any atom is 0.236 e. The van der Waals surface area contributed by atoms with Crippen LogP contribution < -0.4 is 11.1 Å². The highest BCUT2D eigenvalue weighted by atomic mass is 32.2. The molecule has 2 atom stereocenters. The fraction of sp³-hybridized carbons (Fsp3) is 0.364. The molecule has 0 heterocycles. The fourth-order valence-electron chi connectivity index (χ4n) is 1.26. The molecule has 1 amide bonds. The normalized spacial score (nSPS) is 14.1. The molecule has 1 aromatic rings. The first-order valence-electron chi connectivity index (χ1n) is 5.13. The maximum atomic E-state index is 12.8. The third-order valence-corrected chi connectivity index (χ3v) is 3.33. The zero-order valence-corrected chi connectivity index (χ0v) is 10.3. The van der Waals surface area contributed by atoms with Crippen LogP contribution in [-0.4, -0.2) is 27.7 Å². The minimum absolute atomic E-state index is 0.127. The molecule has 0 aromatic heterocycles. The number of carbonyl (C=O) groups is 1. The van der Waals surface area contributed by atoms with Gasteiger partial charge in [-0.1, -0.05) is 6.07 Å². The monoisotopic (exact) mass is 258 g/mol. The maximum absolute atomic E-state index is 12.8. The van der Waals surface area contributed by atoms with Gasteiger partial charge in [0.2, 0.25) is 5.91 Å². The van der Waals surface area contributed by atoms with Crippen LogP contribution in [0.2, 0.25) is 0 Å². The van der Waals surface area contributed by atoms with Crippen molar-refractivity contribution in [2.75, 3.05) is 16.8 Å². The molecule has 0 radical (unpaired) electrons. The van der Waals surface area contributed by atoms with Crippen molar-refractivity contribution in [3.05, 3.63) is 30.1 Å². The van der Waals surface area contributed by atoms with Gasteiger partial charge < -0.3 is 11.1 Å². The smallest absolute Gasteiger partial charge is 0.236 e. The molecule has 0 aliphatic carbocycles. The molecule has 0 fully saturated rings. The van der Waals surface area contributed by atoms with Crippen LogP contribution >= 0.6 is 0 Å². The Morgan fingerprint density at radius 2 is 2.29 bits per heavy atom. The summed E-state index contributed by atoms with van der Waals surface area (Å²) < 4.78 is 24.2. The summed E-state index contributed by atoms with van der Waals surface area (Å²) in [5, 5.41) is 2.47. The number of hydrogen-bond acceptors (Lipinski definition) is 3. The van der Waals surface area contributed by atoms with Crippen molar-refractivity contribution in [1.29, 1.82) is 0 Å². The topological polar surface area (TPSA) is 72.2 Å². The number of nitrogens with one attached hydrogen (secondary N) is 1. The number of hydrogen-bond donors (Lipinski definition) is 2. The summed E-state index contributed by atoms with van der Waals surface area (Å²) >= 11 is 0.